The summed E-state index contributed by atoms with van der Waals surface area (Å²) in [4.78, 5) is 14.7. The molecule has 2 heterocycles. The van der Waals surface area contributed by atoms with Crippen molar-refractivity contribution in [2.75, 3.05) is 19.4 Å². The van der Waals surface area contributed by atoms with Gasteiger partial charge in [-0.25, -0.2) is 0 Å². The summed E-state index contributed by atoms with van der Waals surface area (Å²) >= 11 is 0. The molecule has 0 radical (unpaired) electrons. The van der Waals surface area contributed by atoms with Gasteiger partial charge in [-0.05, 0) is 26.6 Å². The molecule has 0 saturated carbocycles. The number of fused-ring (bicyclic) bond motifs is 1. The van der Waals surface area contributed by atoms with Gasteiger partial charge in [0.15, 0.2) is 11.6 Å². The number of rotatable bonds is 6. The molecule has 0 spiro atoms. The first-order chi connectivity index (χ1) is 11.6. The molecule has 3 rings (SSSR count). The Balaban J connectivity index is 1.90. The number of nitrogens with one attached hydrogen (secondary N) is 2. The van der Waals surface area contributed by atoms with Crippen molar-refractivity contribution in [2.45, 2.75) is 26.3 Å². The summed E-state index contributed by atoms with van der Waals surface area (Å²) in [5.41, 5.74) is 2.61. The van der Waals surface area contributed by atoms with Gasteiger partial charge in [0.2, 0.25) is 0 Å². The van der Waals surface area contributed by atoms with Gasteiger partial charge in [0.25, 0.3) is 5.91 Å². The van der Waals surface area contributed by atoms with Crippen LogP contribution in [0.4, 0.5) is 5.82 Å². The van der Waals surface area contributed by atoms with E-state index < -0.39 is 0 Å². The molecule has 126 valence electrons. The third-order valence-electron chi connectivity index (χ3n) is 3.77. The number of furan rings is 1. The second-order valence-electron chi connectivity index (χ2n) is 6.13. The molecule has 0 atom stereocenters. The summed E-state index contributed by atoms with van der Waals surface area (Å²) in [7, 11) is 3.93. The molecule has 24 heavy (non-hydrogen) atoms. The fourth-order valence-electron chi connectivity index (χ4n) is 2.75. The van der Waals surface area contributed by atoms with E-state index in [0.717, 1.165) is 29.5 Å². The average Bonchev–Trinajstić information content (AvgIpc) is 3.12. The highest BCUT2D eigenvalue weighted by molar-refractivity contribution is 6.06. The van der Waals surface area contributed by atoms with E-state index in [2.05, 4.69) is 22.4 Å². The number of carbonyl (C=O) groups excluding carboxylic acids is 1. The lowest BCUT2D eigenvalue weighted by Crippen LogP contribution is -2.17. The summed E-state index contributed by atoms with van der Waals surface area (Å²) in [5, 5.41) is 10.9. The third kappa shape index (κ3) is 3.33. The highest BCUT2D eigenvalue weighted by atomic mass is 16.3. The number of aryl methyl sites for hydroxylation is 1. The van der Waals surface area contributed by atoms with E-state index in [1.165, 1.54) is 0 Å². The topological polar surface area (TPSA) is 74.2 Å². The van der Waals surface area contributed by atoms with Crippen LogP contribution in [0.5, 0.6) is 0 Å². The number of nitrogens with zero attached hydrogens (tertiary/aromatic N) is 2. The highest BCUT2D eigenvalue weighted by Crippen LogP contribution is 2.27. The van der Waals surface area contributed by atoms with Crippen molar-refractivity contribution in [1.82, 2.24) is 15.1 Å². The SMILES string of the molecule is CCCc1cc(NC(=O)c2oc3ccccc3c2CN(C)C)n[nH]1. The van der Waals surface area contributed by atoms with E-state index in [1.54, 1.807) is 0 Å². The van der Waals surface area contributed by atoms with E-state index in [1.807, 2.05) is 49.3 Å². The van der Waals surface area contributed by atoms with Gasteiger partial charge in [0.1, 0.15) is 5.58 Å². The second-order valence-corrected chi connectivity index (χ2v) is 6.13. The van der Waals surface area contributed by atoms with Crippen molar-refractivity contribution in [3.63, 3.8) is 0 Å². The Morgan fingerprint density at radius 1 is 1.33 bits per heavy atom. The number of para-hydroxylation sites is 1. The normalized spacial score (nSPS) is 11.3. The molecule has 6 nitrogen and oxygen atoms in total. The van der Waals surface area contributed by atoms with Crippen LogP contribution in [0, 0.1) is 0 Å². The zero-order chi connectivity index (χ0) is 17.1. The predicted octanol–water partition coefficient (Wildman–Crippen LogP) is 3.42. The zero-order valence-corrected chi connectivity index (χ0v) is 14.2. The highest BCUT2D eigenvalue weighted by Gasteiger charge is 2.21. The van der Waals surface area contributed by atoms with Gasteiger partial charge in [-0.3, -0.25) is 9.89 Å². The number of carbonyl (C=O) groups is 1. The summed E-state index contributed by atoms with van der Waals surface area (Å²) < 4.78 is 5.81. The number of H-pyrrole nitrogens is 1. The van der Waals surface area contributed by atoms with Crippen LogP contribution < -0.4 is 5.32 Å². The van der Waals surface area contributed by atoms with Crippen LogP contribution in [0.3, 0.4) is 0 Å². The monoisotopic (exact) mass is 326 g/mol. The minimum atomic E-state index is -0.280. The minimum absolute atomic E-state index is 0.280. The quantitative estimate of drug-likeness (QED) is 0.728. The molecule has 0 saturated heterocycles. The maximum Gasteiger partial charge on any atom is 0.292 e. The van der Waals surface area contributed by atoms with Crippen molar-refractivity contribution >= 4 is 22.7 Å². The van der Waals surface area contributed by atoms with Crippen LogP contribution in [0.2, 0.25) is 0 Å². The molecule has 1 aromatic carbocycles. The Labute approximate surface area is 140 Å². The number of aromatic nitrogens is 2. The molecule has 2 aromatic heterocycles. The number of benzene rings is 1. The summed E-state index contributed by atoms with van der Waals surface area (Å²) in [5.74, 6) is 0.572. The fraction of sp³-hybridized carbons (Fsp3) is 0.333. The Kier molecular flexibility index (Phi) is 4.66. The van der Waals surface area contributed by atoms with Crippen LogP contribution in [0.15, 0.2) is 34.7 Å². The van der Waals surface area contributed by atoms with Crippen molar-refractivity contribution in [1.29, 1.82) is 0 Å². The zero-order valence-electron chi connectivity index (χ0n) is 14.2. The van der Waals surface area contributed by atoms with Crippen LogP contribution in [0.25, 0.3) is 11.0 Å². The predicted molar refractivity (Wildman–Crippen MR) is 94.1 cm³/mol. The Morgan fingerprint density at radius 2 is 2.12 bits per heavy atom. The number of anilines is 1. The molecule has 1 amide bonds. The smallest absolute Gasteiger partial charge is 0.292 e. The maximum absolute atomic E-state index is 12.7. The first-order valence-electron chi connectivity index (χ1n) is 8.09. The summed E-state index contributed by atoms with van der Waals surface area (Å²) in [6, 6.07) is 9.55. The first-order valence-corrected chi connectivity index (χ1v) is 8.09. The molecule has 0 bridgehead atoms. The van der Waals surface area contributed by atoms with Gasteiger partial charge in [-0.1, -0.05) is 31.5 Å². The van der Waals surface area contributed by atoms with Gasteiger partial charge in [0, 0.05) is 29.3 Å². The van der Waals surface area contributed by atoms with Crippen LogP contribution in [-0.2, 0) is 13.0 Å². The van der Waals surface area contributed by atoms with Crippen molar-refractivity contribution in [2.24, 2.45) is 0 Å². The number of hydrogen-bond donors (Lipinski definition) is 2. The molecular weight excluding hydrogens is 304 g/mol. The standard InChI is InChI=1S/C18H22N4O2/c1-4-7-12-10-16(21-20-12)19-18(23)17-14(11-22(2)3)13-8-5-6-9-15(13)24-17/h5-6,8-10H,4,7,11H2,1-3H3,(H2,19,20,21,23). The van der Waals surface area contributed by atoms with Crippen molar-refractivity contribution < 1.29 is 9.21 Å². The number of amides is 1. The molecular formula is C18H22N4O2. The number of hydrogen-bond acceptors (Lipinski definition) is 4. The Bertz CT molecular complexity index is 848. The van der Waals surface area contributed by atoms with Crippen molar-refractivity contribution in [3.05, 3.63) is 47.3 Å². The van der Waals surface area contributed by atoms with E-state index in [9.17, 15) is 4.79 Å². The summed E-state index contributed by atoms with van der Waals surface area (Å²) in [6.07, 6.45) is 1.92. The van der Waals surface area contributed by atoms with Gasteiger partial charge < -0.3 is 14.6 Å². The van der Waals surface area contributed by atoms with Gasteiger partial charge >= 0.3 is 0 Å². The molecule has 2 N–H and O–H groups in total. The fourth-order valence-corrected chi connectivity index (χ4v) is 2.75. The molecule has 0 unspecified atom stereocenters. The molecule has 0 aliphatic carbocycles. The van der Waals surface area contributed by atoms with Gasteiger partial charge in [-0.15, -0.1) is 0 Å². The van der Waals surface area contributed by atoms with E-state index in [4.69, 9.17) is 4.42 Å². The van der Waals surface area contributed by atoms with E-state index in [0.29, 0.717) is 23.7 Å². The largest absolute Gasteiger partial charge is 0.451 e. The number of aromatic amines is 1. The van der Waals surface area contributed by atoms with Gasteiger partial charge in [-0.2, -0.15) is 5.10 Å². The summed E-state index contributed by atoms with van der Waals surface area (Å²) in [6.45, 7) is 2.72. The van der Waals surface area contributed by atoms with Crippen LogP contribution in [0.1, 0.15) is 35.2 Å². The van der Waals surface area contributed by atoms with Crippen molar-refractivity contribution in [3.8, 4) is 0 Å². The molecule has 0 fully saturated rings. The molecule has 3 aromatic rings. The first kappa shape index (κ1) is 16.3. The van der Waals surface area contributed by atoms with E-state index in [-0.39, 0.29) is 5.91 Å². The Morgan fingerprint density at radius 3 is 2.88 bits per heavy atom. The average molecular weight is 326 g/mol. The third-order valence-corrected chi connectivity index (χ3v) is 3.77. The maximum atomic E-state index is 12.7. The molecule has 6 heteroatoms. The molecule has 0 aliphatic heterocycles. The molecule has 0 aliphatic rings. The van der Waals surface area contributed by atoms with E-state index >= 15 is 0 Å². The lowest BCUT2D eigenvalue weighted by molar-refractivity contribution is 0.0996. The minimum Gasteiger partial charge on any atom is -0.451 e. The van der Waals surface area contributed by atoms with Gasteiger partial charge in [0.05, 0.1) is 0 Å². The van der Waals surface area contributed by atoms with Crippen LogP contribution >= 0.6 is 0 Å². The lowest BCUT2D eigenvalue weighted by atomic mass is 10.1. The Hall–Kier alpha value is -2.60. The lowest BCUT2D eigenvalue weighted by Gasteiger charge is -2.09. The van der Waals surface area contributed by atoms with Crippen LogP contribution in [-0.4, -0.2) is 35.1 Å². The second kappa shape index (κ2) is 6.88.